The number of benzene rings is 1. The van der Waals surface area contributed by atoms with Crippen molar-refractivity contribution in [2.24, 2.45) is 5.73 Å². The van der Waals surface area contributed by atoms with Crippen LogP contribution in [0.15, 0.2) is 24.3 Å². The summed E-state index contributed by atoms with van der Waals surface area (Å²) >= 11 is 7.24. The second-order valence-electron chi connectivity index (χ2n) is 5.27. The summed E-state index contributed by atoms with van der Waals surface area (Å²) in [6, 6.07) is 6.81. The highest BCUT2D eigenvalue weighted by atomic mass is 35.5. The molecule has 2 amide bonds. The first-order valence-electron chi connectivity index (χ1n) is 7.48. The molecule has 0 spiro atoms. The summed E-state index contributed by atoms with van der Waals surface area (Å²) in [5.41, 5.74) is 6.71. The molecule has 1 aromatic carbocycles. The number of halogens is 1. The molecule has 0 aliphatic carbocycles. The van der Waals surface area contributed by atoms with Gasteiger partial charge in [0.25, 0.3) is 11.8 Å². The molecule has 0 fully saturated rings. The maximum absolute atomic E-state index is 12.4. The standard InChI is InChI=1S/C17H19ClN2O3S/c1-4-13-10(3)24-17(14(13)15(19)21)20-16(22)9(2)23-12-7-5-6-11(18)8-12/h5-9H,4H2,1-3H3,(H2,19,21)(H,20,22). The lowest BCUT2D eigenvalue weighted by atomic mass is 10.1. The van der Waals surface area contributed by atoms with Crippen LogP contribution in [0.25, 0.3) is 0 Å². The average Bonchev–Trinajstić information content (AvgIpc) is 2.82. The summed E-state index contributed by atoms with van der Waals surface area (Å²) in [6.07, 6.45) is -0.0814. The second-order valence-corrected chi connectivity index (χ2v) is 6.93. The predicted octanol–water partition coefficient (Wildman–Crippen LogP) is 3.78. The van der Waals surface area contributed by atoms with Crippen molar-refractivity contribution in [1.29, 1.82) is 0 Å². The molecule has 7 heteroatoms. The van der Waals surface area contributed by atoms with Gasteiger partial charge in [-0.3, -0.25) is 9.59 Å². The zero-order valence-electron chi connectivity index (χ0n) is 13.7. The van der Waals surface area contributed by atoms with Crippen molar-refractivity contribution >= 4 is 39.8 Å². The van der Waals surface area contributed by atoms with Crippen LogP contribution in [-0.4, -0.2) is 17.9 Å². The van der Waals surface area contributed by atoms with Gasteiger partial charge in [-0.1, -0.05) is 24.6 Å². The van der Waals surface area contributed by atoms with Gasteiger partial charge < -0.3 is 15.8 Å². The largest absolute Gasteiger partial charge is 0.481 e. The molecule has 24 heavy (non-hydrogen) atoms. The van der Waals surface area contributed by atoms with E-state index in [1.807, 2.05) is 13.8 Å². The molecule has 1 aromatic heterocycles. The first-order chi connectivity index (χ1) is 11.3. The fraction of sp³-hybridized carbons (Fsp3) is 0.294. The number of hydrogen-bond donors (Lipinski definition) is 2. The lowest BCUT2D eigenvalue weighted by molar-refractivity contribution is -0.122. The van der Waals surface area contributed by atoms with E-state index in [0.717, 1.165) is 10.4 Å². The van der Waals surface area contributed by atoms with Gasteiger partial charge in [0.2, 0.25) is 0 Å². The molecule has 1 heterocycles. The summed E-state index contributed by atoms with van der Waals surface area (Å²) in [5.74, 6) is -0.409. The molecule has 128 valence electrons. The molecule has 1 atom stereocenters. The first-order valence-corrected chi connectivity index (χ1v) is 8.68. The van der Waals surface area contributed by atoms with Crippen LogP contribution in [0.5, 0.6) is 5.75 Å². The van der Waals surface area contributed by atoms with Crippen LogP contribution < -0.4 is 15.8 Å². The van der Waals surface area contributed by atoms with E-state index in [0.29, 0.717) is 27.8 Å². The quantitative estimate of drug-likeness (QED) is 0.816. The Hall–Kier alpha value is -2.05. The Morgan fingerprint density at radius 2 is 2.12 bits per heavy atom. The minimum atomic E-state index is -0.753. The Kier molecular flexibility index (Phi) is 5.85. The highest BCUT2D eigenvalue weighted by Gasteiger charge is 2.23. The summed E-state index contributed by atoms with van der Waals surface area (Å²) in [7, 11) is 0. The lowest BCUT2D eigenvalue weighted by Gasteiger charge is -2.14. The molecule has 1 unspecified atom stereocenters. The van der Waals surface area contributed by atoms with E-state index in [9.17, 15) is 9.59 Å². The van der Waals surface area contributed by atoms with Gasteiger partial charge in [0.1, 0.15) is 10.8 Å². The van der Waals surface area contributed by atoms with Gasteiger partial charge in [0.15, 0.2) is 6.10 Å². The number of amides is 2. The number of rotatable bonds is 6. The van der Waals surface area contributed by atoms with E-state index in [1.54, 1.807) is 31.2 Å². The summed E-state index contributed by atoms with van der Waals surface area (Å²) in [4.78, 5) is 25.1. The Bertz CT molecular complexity index is 773. The molecule has 0 radical (unpaired) electrons. The van der Waals surface area contributed by atoms with Crippen molar-refractivity contribution in [1.82, 2.24) is 0 Å². The monoisotopic (exact) mass is 366 g/mol. The maximum Gasteiger partial charge on any atom is 0.265 e. The van der Waals surface area contributed by atoms with Crippen molar-refractivity contribution in [3.63, 3.8) is 0 Å². The van der Waals surface area contributed by atoms with E-state index < -0.39 is 12.0 Å². The molecule has 2 aromatic rings. The fourth-order valence-electron chi connectivity index (χ4n) is 2.36. The van der Waals surface area contributed by atoms with Gasteiger partial charge in [0, 0.05) is 9.90 Å². The highest BCUT2D eigenvalue weighted by Crippen LogP contribution is 2.33. The van der Waals surface area contributed by atoms with E-state index in [1.165, 1.54) is 11.3 Å². The van der Waals surface area contributed by atoms with Crippen LogP contribution >= 0.6 is 22.9 Å². The molecular weight excluding hydrogens is 348 g/mol. The number of nitrogens with two attached hydrogens (primary N) is 1. The van der Waals surface area contributed by atoms with Crippen molar-refractivity contribution in [2.45, 2.75) is 33.3 Å². The van der Waals surface area contributed by atoms with Crippen LogP contribution in [0.3, 0.4) is 0 Å². The van der Waals surface area contributed by atoms with Crippen molar-refractivity contribution in [3.8, 4) is 5.75 Å². The Labute approximate surface area is 149 Å². The van der Waals surface area contributed by atoms with Gasteiger partial charge in [-0.05, 0) is 44.0 Å². The predicted molar refractivity (Wildman–Crippen MR) is 97.1 cm³/mol. The molecule has 0 aliphatic heterocycles. The molecule has 5 nitrogen and oxygen atoms in total. The van der Waals surface area contributed by atoms with Gasteiger partial charge in [-0.15, -0.1) is 11.3 Å². The summed E-state index contributed by atoms with van der Waals surface area (Å²) in [6.45, 7) is 5.47. The topological polar surface area (TPSA) is 81.4 Å². The summed E-state index contributed by atoms with van der Waals surface area (Å²) in [5, 5.41) is 3.73. The minimum absolute atomic E-state index is 0.360. The third-order valence-electron chi connectivity index (χ3n) is 3.52. The van der Waals surface area contributed by atoms with Crippen LogP contribution in [0.4, 0.5) is 5.00 Å². The molecule has 2 rings (SSSR count). The first kappa shape index (κ1) is 18.3. The van der Waals surface area contributed by atoms with Gasteiger partial charge in [0.05, 0.1) is 5.56 Å². The number of nitrogens with one attached hydrogen (secondary N) is 1. The van der Waals surface area contributed by atoms with Crippen LogP contribution in [0.2, 0.25) is 5.02 Å². The zero-order chi connectivity index (χ0) is 17.9. The van der Waals surface area contributed by atoms with E-state index in [2.05, 4.69) is 5.32 Å². The Morgan fingerprint density at radius 3 is 2.71 bits per heavy atom. The fourth-order valence-corrected chi connectivity index (χ4v) is 3.70. The average molecular weight is 367 g/mol. The van der Waals surface area contributed by atoms with Gasteiger partial charge >= 0.3 is 0 Å². The number of hydrogen-bond acceptors (Lipinski definition) is 4. The van der Waals surface area contributed by atoms with E-state index >= 15 is 0 Å². The molecular formula is C17H19ClN2O3S. The number of ether oxygens (including phenoxy) is 1. The smallest absolute Gasteiger partial charge is 0.265 e. The third kappa shape index (κ3) is 4.07. The van der Waals surface area contributed by atoms with Crippen molar-refractivity contribution in [3.05, 3.63) is 45.3 Å². The molecule has 3 N–H and O–H groups in total. The summed E-state index contributed by atoms with van der Waals surface area (Å²) < 4.78 is 5.58. The maximum atomic E-state index is 12.4. The second kappa shape index (κ2) is 7.68. The molecule has 0 saturated carbocycles. The zero-order valence-corrected chi connectivity index (χ0v) is 15.3. The van der Waals surface area contributed by atoms with E-state index in [-0.39, 0.29) is 5.91 Å². The number of carbonyl (C=O) groups is 2. The van der Waals surface area contributed by atoms with Crippen LogP contribution in [0, 0.1) is 6.92 Å². The minimum Gasteiger partial charge on any atom is -0.481 e. The molecule has 0 saturated heterocycles. The SMILES string of the molecule is CCc1c(C)sc(NC(=O)C(C)Oc2cccc(Cl)c2)c1C(N)=O. The van der Waals surface area contributed by atoms with E-state index in [4.69, 9.17) is 22.1 Å². The van der Waals surface area contributed by atoms with Crippen LogP contribution in [0.1, 0.15) is 34.6 Å². The molecule has 0 bridgehead atoms. The third-order valence-corrected chi connectivity index (χ3v) is 4.82. The number of carbonyl (C=O) groups excluding carboxylic acids is 2. The number of anilines is 1. The van der Waals surface area contributed by atoms with Crippen molar-refractivity contribution < 1.29 is 14.3 Å². The number of thiophene rings is 1. The number of primary amides is 1. The lowest BCUT2D eigenvalue weighted by Crippen LogP contribution is -2.30. The van der Waals surface area contributed by atoms with Gasteiger partial charge in [-0.25, -0.2) is 0 Å². The normalized spacial score (nSPS) is 11.8. The molecule has 0 aliphatic rings. The highest BCUT2D eigenvalue weighted by molar-refractivity contribution is 7.16. The van der Waals surface area contributed by atoms with Gasteiger partial charge in [-0.2, -0.15) is 0 Å². The van der Waals surface area contributed by atoms with Crippen LogP contribution in [-0.2, 0) is 11.2 Å². The number of aryl methyl sites for hydroxylation is 1. The van der Waals surface area contributed by atoms with Crippen molar-refractivity contribution in [2.75, 3.05) is 5.32 Å². The Balaban J connectivity index is 2.16. The Morgan fingerprint density at radius 1 is 1.42 bits per heavy atom.